The molecule has 0 amide bonds. The lowest BCUT2D eigenvalue weighted by Crippen LogP contribution is -1.88. The Kier molecular flexibility index (Phi) is 4.21. The Morgan fingerprint density at radius 1 is 0.840 bits per heavy atom. The number of para-hydroxylation sites is 1. The normalized spacial score (nSPS) is 11.2. The van der Waals surface area contributed by atoms with Crippen LogP contribution in [0.4, 0.5) is 0 Å². The molecule has 0 bridgehead atoms. The standard InChI is InChI=1S/C20H18N2O3/c23-16-11-9-14(10-12-16)20-22-21-19(25-20)8-4-2-6-17-13-15-5-1-3-7-18(15)24-17/h1,3,5,7,9-13,23H,2,4,6,8H2. The van der Waals surface area contributed by atoms with Crippen LogP contribution in [0.5, 0.6) is 5.75 Å². The molecule has 0 unspecified atom stereocenters. The third-order valence-corrected chi connectivity index (χ3v) is 4.12. The van der Waals surface area contributed by atoms with E-state index in [9.17, 15) is 5.11 Å². The summed E-state index contributed by atoms with van der Waals surface area (Å²) in [5, 5.41) is 18.6. The van der Waals surface area contributed by atoms with Gasteiger partial charge in [0.2, 0.25) is 11.8 Å². The van der Waals surface area contributed by atoms with Gasteiger partial charge in [-0.25, -0.2) is 0 Å². The fraction of sp³-hybridized carbons (Fsp3) is 0.200. The van der Waals surface area contributed by atoms with Gasteiger partial charge in [-0.3, -0.25) is 0 Å². The van der Waals surface area contributed by atoms with E-state index in [0.717, 1.165) is 48.0 Å². The number of rotatable bonds is 6. The van der Waals surface area contributed by atoms with Gasteiger partial charge in [0.05, 0.1) is 0 Å². The Morgan fingerprint density at radius 2 is 1.64 bits per heavy atom. The van der Waals surface area contributed by atoms with Crippen molar-refractivity contribution in [3.63, 3.8) is 0 Å². The van der Waals surface area contributed by atoms with Crippen molar-refractivity contribution in [2.75, 3.05) is 0 Å². The zero-order chi connectivity index (χ0) is 17.1. The summed E-state index contributed by atoms with van der Waals surface area (Å²) in [6, 6.07) is 16.9. The molecule has 2 heterocycles. The third-order valence-electron chi connectivity index (χ3n) is 4.12. The summed E-state index contributed by atoms with van der Waals surface area (Å²) in [5.74, 6) is 2.34. The molecular weight excluding hydrogens is 316 g/mol. The third kappa shape index (κ3) is 3.55. The number of benzene rings is 2. The molecule has 25 heavy (non-hydrogen) atoms. The summed E-state index contributed by atoms with van der Waals surface area (Å²) in [4.78, 5) is 0. The summed E-state index contributed by atoms with van der Waals surface area (Å²) in [5.41, 5.74) is 1.74. The summed E-state index contributed by atoms with van der Waals surface area (Å²) in [6.45, 7) is 0. The second-order valence-electron chi connectivity index (χ2n) is 6.01. The van der Waals surface area contributed by atoms with Crippen molar-refractivity contribution in [2.45, 2.75) is 25.7 Å². The maximum absolute atomic E-state index is 9.32. The van der Waals surface area contributed by atoms with Crippen LogP contribution in [0.25, 0.3) is 22.4 Å². The average molecular weight is 334 g/mol. The fourth-order valence-corrected chi connectivity index (χ4v) is 2.81. The van der Waals surface area contributed by atoms with E-state index in [1.165, 1.54) is 0 Å². The maximum Gasteiger partial charge on any atom is 0.247 e. The number of phenols is 1. The average Bonchev–Trinajstić information content (AvgIpc) is 3.26. The largest absolute Gasteiger partial charge is 0.508 e. The molecule has 0 spiro atoms. The molecule has 1 N–H and O–H groups in total. The van der Waals surface area contributed by atoms with Crippen LogP contribution < -0.4 is 0 Å². The Bertz CT molecular complexity index is 937. The number of hydrogen-bond acceptors (Lipinski definition) is 5. The first-order valence-electron chi connectivity index (χ1n) is 8.37. The fourth-order valence-electron chi connectivity index (χ4n) is 2.81. The number of unbranched alkanes of at least 4 members (excludes halogenated alkanes) is 1. The molecular formula is C20H18N2O3. The maximum atomic E-state index is 9.32. The minimum atomic E-state index is 0.217. The van der Waals surface area contributed by atoms with Crippen LogP contribution in [0.3, 0.4) is 0 Å². The topological polar surface area (TPSA) is 72.3 Å². The molecule has 0 fully saturated rings. The number of furan rings is 1. The van der Waals surface area contributed by atoms with E-state index in [2.05, 4.69) is 22.3 Å². The number of nitrogens with zero attached hydrogens (tertiary/aromatic N) is 2. The van der Waals surface area contributed by atoms with E-state index in [-0.39, 0.29) is 5.75 Å². The van der Waals surface area contributed by atoms with E-state index in [1.807, 2.05) is 18.2 Å². The number of aryl methyl sites for hydroxylation is 2. The molecule has 0 radical (unpaired) electrons. The summed E-state index contributed by atoms with van der Waals surface area (Å²) in [6.07, 6.45) is 3.59. The van der Waals surface area contributed by atoms with Crippen LogP contribution in [0, 0.1) is 0 Å². The molecule has 5 nitrogen and oxygen atoms in total. The van der Waals surface area contributed by atoms with Gasteiger partial charge in [0.15, 0.2) is 0 Å². The lowest BCUT2D eigenvalue weighted by atomic mass is 10.1. The zero-order valence-corrected chi connectivity index (χ0v) is 13.7. The van der Waals surface area contributed by atoms with Crippen molar-refractivity contribution in [1.82, 2.24) is 10.2 Å². The van der Waals surface area contributed by atoms with E-state index >= 15 is 0 Å². The molecule has 0 saturated heterocycles. The van der Waals surface area contributed by atoms with E-state index in [1.54, 1.807) is 24.3 Å². The van der Waals surface area contributed by atoms with Gasteiger partial charge < -0.3 is 13.9 Å². The van der Waals surface area contributed by atoms with Crippen molar-refractivity contribution < 1.29 is 13.9 Å². The highest BCUT2D eigenvalue weighted by Gasteiger charge is 2.09. The monoisotopic (exact) mass is 334 g/mol. The quantitative estimate of drug-likeness (QED) is 0.515. The van der Waals surface area contributed by atoms with E-state index in [0.29, 0.717) is 11.8 Å². The van der Waals surface area contributed by atoms with Crippen molar-refractivity contribution >= 4 is 11.0 Å². The van der Waals surface area contributed by atoms with Crippen LogP contribution in [0.15, 0.2) is 63.4 Å². The Morgan fingerprint density at radius 3 is 2.48 bits per heavy atom. The van der Waals surface area contributed by atoms with Crippen LogP contribution in [0.2, 0.25) is 0 Å². The van der Waals surface area contributed by atoms with Crippen LogP contribution in [0.1, 0.15) is 24.5 Å². The van der Waals surface area contributed by atoms with Gasteiger partial charge in [0, 0.05) is 23.8 Å². The summed E-state index contributed by atoms with van der Waals surface area (Å²) >= 11 is 0. The SMILES string of the molecule is Oc1ccc(-c2nnc(CCCCc3cc4ccccc4o3)o2)cc1. The molecule has 0 saturated carbocycles. The van der Waals surface area contributed by atoms with Crippen molar-refractivity contribution in [3.8, 4) is 17.2 Å². The second-order valence-corrected chi connectivity index (χ2v) is 6.01. The van der Waals surface area contributed by atoms with E-state index < -0.39 is 0 Å². The number of phenolic OH excluding ortho intramolecular Hbond substituents is 1. The molecule has 0 aliphatic rings. The molecule has 2 aromatic heterocycles. The summed E-state index contributed by atoms with van der Waals surface area (Å²) in [7, 11) is 0. The van der Waals surface area contributed by atoms with Crippen molar-refractivity contribution in [3.05, 3.63) is 66.2 Å². The molecule has 4 rings (SSSR count). The van der Waals surface area contributed by atoms with Gasteiger partial charge in [-0.15, -0.1) is 10.2 Å². The summed E-state index contributed by atoms with van der Waals surface area (Å²) < 4.78 is 11.5. The zero-order valence-electron chi connectivity index (χ0n) is 13.7. The highest BCUT2D eigenvalue weighted by Crippen LogP contribution is 2.22. The molecule has 4 aromatic rings. The van der Waals surface area contributed by atoms with Gasteiger partial charge in [-0.05, 0) is 49.2 Å². The second kappa shape index (κ2) is 6.81. The Hall–Kier alpha value is -3.08. The predicted octanol–water partition coefficient (Wildman–Crippen LogP) is 4.75. The Balaban J connectivity index is 1.31. The lowest BCUT2D eigenvalue weighted by Gasteiger charge is -1.97. The molecule has 2 aromatic carbocycles. The van der Waals surface area contributed by atoms with Crippen LogP contribution in [-0.4, -0.2) is 15.3 Å². The minimum absolute atomic E-state index is 0.217. The minimum Gasteiger partial charge on any atom is -0.508 e. The van der Waals surface area contributed by atoms with E-state index in [4.69, 9.17) is 8.83 Å². The van der Waals surface area contributed by atoms with Crippen molar-refractivity contribution in [1.29, 1.82) is 0 Å². The van der Waals surface area contributed by atoms with Crippen LogP contribution in [-0.2, 0) is 12.8 Å². The van der Waals surface area contributed by atoms with Gasteiger partial charge in [-0.1, -0.05) is 18.2 Å². The first-order chi connectivity index (χ1) is 12.3. The smallest absolute Gasteiger partial charge is 0.247 e. The van der Waals surface area contributed by atoms with Gasteiger partial charge in [-0.2, -0.15) is 0 Å². The molecule has 0 aliphatic carbocycles. The van der Waals surface area contributed by atoms with Crippen molar-refractivity contribution in [2.24, 2.45) is 0 Å². The number of hydrogen-bond donors (Lipinski definition) is 1. The number of fused-ring (bicyclic) bond motifs is 1. The molecule has 126 valence electrons. The molecule has 0 aliphatic heterocycles. The predicted molar refractivity (Wildman–Crippen MR) is 94.3 cm³/mol. The number of aromatic nitrogens is 2. The first-order valence-corrected chi connectivity index (χ1v) is 8.37. The Labute approximate surface area is 144 Å². The number of aromatic hydroxyl groups is 1. The van der Waals surface area contributed by atoms with Crippen LogP contribution >= 0.6 is 0 Å². The molecule has 0 atom stereocenters. The first kappa shape index (κ1) is 15.4. The lowest BCUT2D eigenvalue weighted by molar-refractivity contribution is 0.474. The molecule has 5 heteroatoms. The highest BCUT2D eigenvalue weighted by atomic mass is 16.4. The van der Waals surface area contributed by atoms with Gasteiger partial charge in [0.1, 0.15) is 17.1 Å². The van der Waals surface area contributed by atoms with Gasteiger partial charge in [0.25, 0.3) is 0 Å². The van der Waals surface area contributed by atoms with Gasteiger partial charge >= 0.3 is 0 Å². The highest BCUT2D eigenvalue weighted by molar-refractivity contribution is 5.77.